The molecule has 0 aromatic heterocycles. The maximum atomic E-state index is 13.6. The number of rotatable bonds is 6. The van der Waals surface area contributed by atoms with Crippen LogP contribution in [0.1, 0.15) is 25.0 Å². The summed E-state index contributed by atoms with van der Waals surface area (Å²) in [6, 6.07) is 14.8. The fraction of sp³-hybridized carbons (Fsp3) is 0.360. The number of morpholine rings is 1. The number of ether oxygens (including phenoxy) is 3. The maximum absolute atomic E-state index is 13.6. The SMILES string of the molecule is COc1ccc(CN2C(=O)C(c3ccccc3)=C(N3CC(C)OC(C)C3)C2=O)cc1OC. The molecule has 7 heteroatoms. The van der Waals surface area contributed by atoms with Gasteiger partial charge < -0.3 is 19.1 Å². The third-order valence-electron chi connectivity index (χ3n) is 5.73. The second-order valence-corrected chi connectivity index (χ2v) is 8.14. The van der Waals surface area contributed by atoms with Crippen LogP contribution in [0.25, 0.3) is 5.57 Å². The Kier molecular flexibility index (Phi) is 6.19. The number of nitrogens with zero attached hydrogens (tertiary/aromatic N) is 2. The van der Waals surface area contributed by atoms with Gasteiger partial charge in [0, 0.05) is 13.1 Å². The fourth-order valence-corrected chi connectivity index (χ4v) is 4.39. The normalized spacial score (nSPS) is 21.4. The summed E-state index contributed by atoms with van der Waals surface area (Å²) in [5.74, 6) is 0.564. The summed E-state index contributed by atoms with van der Waals surface area (Å²) < 4.78 is 16.5. The summed E-state index contributed by atoms with van der Waals surface area (Å²) in [4.78, 5) is 30.5. The van der Waals surface area contributed by atoms with Crippen LogP contribution in [0.15, 0.2) is 54.2 Å². The first-order valence-corrected chi connectivity index (χ1v) is 10.7. The van der Waals surface area contributed by atoms with Gasteiger partial charge in [0.2, 0.25) is 0 Å². The molecule has 0 saturated carbocycles. The Morgan fingerprint density at radius 1 is 0.906 bits per heavy atom. The van der Waals surface area contributed by atoms with Gasteiger partial charge >= 0.3 is 0 Å². The predicted octanol–water partition coefficient (Wildman–Crippen LogP) is 3.09. The highest BCUT2D eigenvalue weighted by atomic mass is 16.5. The molecule has 1 fully saturated rings. The summed E-state index contributed by atoms with van der Waals surface area (Å²) in [5.41, 5.74) is 2.41. The van der Waals surface area contributed by atoms with Gasteiger partial charge in [0.05, 0.1) is 38.5 Å². The van der Waals surface area contributed by atoms with Crippen LogP contribution in [0.5, 0.6) is 11.5 Å². The lowest BCUT2D eigenvalue weighted by molar-refractivity contribution is -0.139. The van der Waals surface area contributed by atoms with Gasteiger partial charge in [-0.05, 0) is 37.1 Å². The van der Waals surface area contributed by atoms with Crippen molar-refractivity contribution in [3.63, 3.8) is 0 Å². The third-order valence-corrected chi connectivity index (χ3v) is 5.73. The Labute approximate surface area is 188 Å². The van der Waals surface area contributed by atoms with Crippen molar-refractivity contribution in [2.75, 3.05) is 27.3 Å². The zero-order valence-electron chi connectivity index (χ0n) is 18.8. The molecule has 1 saturated heterocycles. The molecule has 0 aliphatic carbocycles. The average Bonchev–Trinajstić information content (AvgIpc) is 3.03. The summed E-state index contributed by atoms with van der Waals surface area (Å²) in [5, 5.41) is 0. The van der Waals surface area contributed by atoms with Gasteiger partial charge in [-0.3, -0.25) is 14.5 Å². The summed E-state index contributed by atoms with van der Waals surface area (Å²) in [6.45, 7) is 5.22. The third kappa shape index (κ3) is 4.08. The lowest BCUT2D eigenvalue weighted by atomic mass is 10.0. The van der Waals surface area contributed by atoms with E-state index in [-0.39, 0.29) is 30.6 Å². The summed E-state index contributed by atoms with van der Waals surface area (Å²) >= 11 is 0. The average molecular weight is 437 g/mol. The van der Waals surface area contributed by atoms with E-state index in [1.54, 1.807) is 26.4 Å². The molecule has 2 aliphatic rings. The number of amides is 2. The van der Waals surface area contributed by atoms with Crippen molar-refractivity contribution in [2.24, 2.45) is 0 Å². The molecule has 2 heterocycles. The zero-order valence-corrected chi connectivity index (χ0v) is 18.8. The standard InChI is InChI=1S/C25H28N2O5/c1-16-13-26(14-17(2)32-16)23-22(19-8-6-5-7-9-19)24(28)27(25(23)29)15-18-10-11-20(30-3)21(12-18)31-4/h5-12,16-17H,13-15H2,1-4H3. The number of methoxy groups -OCH3 is 2. The maximum Gasteiger partial charge on any atom is 0.278 e. The van der Waals surface area contributed by atoms with Crippen LogP contribution >= 0.6 is 0 Å². The Morgan fingerprint density at radius 3 is 2.19 bits per heavy atom. The molecule has 2 aromatic rings. The van der Waals surface area contributed by atoms with Crippen molar-refractivity contribution in [3.8, 4) is 11.5 Å². The monoisotopic (exact) mass is 436 g/mol. The highest BCUT2D eigenvalue weighted by Crippen LogP contribution is 2.35. The Balaban J connectivity index is 1.71. The highest BCUT2D eigenvalue weighted by molar-refractivity contribution is 6.35. The van der Waals surface area contributed by atoms with Crippen LogP contribution in [-0.2, 0) is 20.9 Å². The second-order valence-electron chi connectivity index (χ2n) is 8.14. The van der Waals surface area contributed by atoms with Gasteiger partial charge in [0.1, 0.15) is 5.70 Å². The molecule has 7 nitrogen and oxygen atoms in total. The number of carbonyl (C=O) groups excluding carboxylic acids is 2. The van der Waals surface area contributed by atoms with Crippen LogP contribution < -0.4 is 9.47 Å². The van der Waals surface area contributed by atoms with Gasteiger partial charge in [-0.1, -0.05) is 36.4 Å². The molecule has 0 radical (unpaired) electrons. The second kappa shape index (κ2) is 9.04. The van der Waals surface area contributed by atoms with Gasteiger partial charge in [-0.25, -0.2) is 0 Å². The topological polar surface area (TPSA) is 68.3 Å². The lowest BCUT2D eigenvalue weighted by Gasteiger charge is -2.37. The minimum absolute atomic E-state index is 0.0360. The molecular weight excluding hydrogens is 408 g/mol. The number of hydrogen-bond acceptors (Lipinski definition) is 6. The largest absolute Gasteiger partial charge is 0.493 e. The number of benzene rings is 2. The van der Waals surface area contributed by atoms with Crippen LogP contribution in [0, 0.1) is 0 Å². The van der Waals surface area contributed by atoms with Crippen molar-refractivity contribution in [3.05, 3.63) is 65.4 Å². The molecule has 0 N–H and O–H groups in total. The summed E-state index contributed by atoms with van der Waals surface area (Å²) in [7, 11) is 3.12. The Bertz CT molecular complexity index is 1040. The van der Waals surface area contributed by atoms with Gasteiger partial charge in [0.15, 0.2) is 11.5 Å². The minimum atomic E-state index is -0.294. The first kappa shape index (κ1) is 21.9. The molecule has 2 atom stereocenters. The molecule has 168 valence electrons. The Morgan fingerprint density at radius 2 is 1.56 bits per heavy atom. The van der Waals surface area contributed by atoms with Gasteiger partial charge in [-0.15, -0.1) is 0 Å². The first-order valence-electron chi connectivity index (χ1n) is 10.7. The number of imide groups is 1. The molecule has 0 bridgehead atoms. The lowest BCUT2D eigenvalue weighted by Crippen LogP contribution is -2.46. The van der Waals surface area contributed by atoms with Crippen molar-refractivity contribution in [1.82, 2.24) is 9.80 Å². The molecule has 4 rings (SSSR count). The van der Waals surface area contributed by atoms with Crippen LogP contribution in [0.2, 0.25) is 0 Å². The number of carbonyl (C=O) groups is 2. The first-order chi connectivity index (χ1) is 15.4. The molecular formula is C25H28N2O5. The quantitative estimate of drug-likeness (QED) is 0.649. The summed E-state index contributed by atoms with van der Waals surface area (Å²) in [6.07, 6.45) is -0.0721. The van der Waals surface area contributed by atoms with Crippen LogP contribution in [0.3, 0.4) is 0 Å². The van der Waals surface area contributed by atoms with Crippen molar-refractivity contribution >= 4 is 17.4 Å². The molecule has 2 amide bonds. The smallest absolute Gasteiger partial charge is 0.278 e. The van der Waals surface area contributed by atoms with Gasteiger partial charge in [-0.2, -0.15) is 0 Å². The molecule has 0 spiro atoms. The van der Waals surface area contributed by atoms with E-state index in [9.17, 15) is 9.59 Å². The van der Waals surface area contributed by atoms with E-state index in [2.05, 4.69) is 0 Å². The van der Waals surface area contributed by atoms with E-state index in [1.165, 1.54) is 4.90 Å². The minimum Gasteiger partial charge on any atom is -0.493 e. The molecule has 2 aliphatic heterocycles. The van der Waals surface area contributed by atoms with E-state index in [0.29, 0.717) is 35.9 Å². The fourth-order valence-electron chi connectivity index (χ4n) is 4.39. The number of hydrogen-bond donors (Lipinski definition) is 0. The van der Waals surface area contributed by atoms with Crippen LogP contribution in [-0.4, -0.2) is 61.1 Å². The molecule has 32 heavy (non-hydrogen) atoms. The van der Waals surface area contributed by atoms with E-state index in [4.69, 9.17) is 14.2 Å². The predicted molar refractivity (Wildman–Crippen MR) is 120 cm³/mol. The van der Waals surface area contributed by atoms with Crippen LogP contribution in [0.4, 0.5) is 0 Å². The van der Waals surface area contributed by atoms with E-state index < -0.39 is 0 Å². The van der Waals surface area contributed by atoms with Gasteiger partial charge in [0.25, 0.3) is 11.8 Å². The molecule has 2 unspecified atom stereocenters. The van der Waals surface area contributed by atoms with E-state index in [0.717, 1.165) is 11.1 Å². The van der Waals surface area contributed by atoms with Crippen molar-refractivity contribution in [1.29, 1.82) is 0 Å². The zero-order chi connectivity index (χ0) is 22.8. The molecule has 2 aromatic carbocycles. The van der Waals surface area contributed by atoms with Crippen molar-refractivity contribution < 1.29 is 23.8 Å². The van der Waals surface area contributed by atoms with E-state index >= 15 is 0 Å². The van der Waals surface area contributed by atoms with E-state index in [1.807, 2.05) is 55.1 Å². The Hall–Kier alpha value is -3.32. The van der Waals surface area contributed by atoms with Crippen molar-refractivity contribution in [2.45, 2.75) is 32.6 Å². The highest BCUT2D eigenvalue weighted by Gasteiger charge is 2.43.